The van der Waals surface area contributed by atoms with Gasteiger partial charge >= 0.3 is 0 Å². The van der Waals surface area contributed by atoms with Crippen molar-refractivity contribution in [3.8, 4) is 11.5 Å². The van der Waals surface area contributed by atoms with Gasteiger partial charge in [-0.2, -0.15) is 4.31 Å². The number of piperidine rings is 1. The van der Waals surface area contributed by atoms with Gasteiger partial charge in [0.1, 0.15) is 5.72 Å². The highest BCUT2D eigenvalue weighted by molar-refractivity contribution is 7.89. The first-order chi connectivity index (χ1) is 15.3. The lowest BCUT2D eigenvalue weighted by Crippen LogP contribution is -2.55. The zero-order valence-corrected chi connectivity index (χ0v) is 19.5. The topological polar surface area (TPSA) is 85.4 Å². The molecule has 1 spiro atoms. The highest BCUT2D eigenvalue weighted by Gasteiger charge is 2.51. The van der Waals surface area contributed by atoms with Crippen molar-refractivity contribution in [1.82, 2.24) is 9.21 Å². The van der Waals surface area contributed by atoms with Crippen LogP contribution < -0.4 is 9.47 Å². The minimum Gasteiger partial charge on any atom is -0.493 e. The summed E-state index contributed by atoms with van der Waals surface area (Å²) >= 11 is 5.91. The first-order valence-electron chi connectivity index (χ1n) is 10.2. The molecule has 2 aliphatic rings. The van der Waals surface area contributed by atoms with Crippen LogP contribution in [0.25, 0.3) is 0 Å². The summed E-state index contributed by atoms with van der Waals surface area (Å²) in [6.45, 7) is 1.28. The van der Waals surface area contributed by atoms with Gasteiger partial charge < -0.3 is 19.1 Å². The van der Waals surface area contributed by atoms with Crippen molar-refractivity contribution in [2.45, 2.75) is 23.5 Å². The van der Waals surface area contributed by atoms with Crippen LogP contribution in [0.2, 0.25) is 5.02 Å². The van der Waals surface area contributed by atoms with Crippen LogP contribution in [0.4, 0.5) is 0 Å². The normalized spacial score (nSPS) is 18.7. The monoisotopic (exact) mass is 480 g/mol. The van der Waals surface area contributed by atoms with E-state index in [1.165, 1.54) is 30.7 Å². The molecule has 172 valence electrons. The minimum absolute atomic E-state index is 0.173. The Balaban J connectivity index is 1.54. The molecule has 0 N–H and O–H groups in total. The minimum atomic E-state index is -3.76. The molecule has 0 radical (unpaired) electrons. The quantitative estimate of drug-likeness (QED) is 0.654. The Hall–Kier alpha value is -2.33. The first kappa shape index (κ1) is 22.8. The number of hydrogen-bond donors (Lipinski definition) is 0. The van der Waals surface area contributed by atoms with Crippen LogP contribution in [0.3, 0.4) is 0 Å². The van der Waals surface area contributed by atoms with Gasteiger partial charge in [0.05, 0.1) is 31.3 Å². The van der Waals surface area contributed by atoms with Crippen molar-refractivity contribution >= 4 is 27.5 Å². The second kappa shape index (κ2) is 8.90. The Labute approximate surface area is 192 Å². The second-order valence-corrected chi connectivity index (χ2v) is 9.96. The number of methoxy groups -OCH3 is 2. The van der Waals surface area contributed by atoms with Crippen LogP contribution in [0.15, 0.2) is 47.4 Å². The molecule has 0 unspecified atom stereocenters. The van der Waals surface area contributed by atoms with Gasteiger partial charge in [0.25, 0.3) is 5.91 Å². The fraction of sp³-hybridized carbons (Fsp3) is 0.409. The number of benzene rings is 2. The summed E-state index contributed by atoms with van der Waals surface area (Å²) in [5.41, 5.74) is -0.561. The Bertz CT molecular complexity index is 1100. The Morgan fingerprint density at radius 1 is 1.03 bits per heavy atom. The lowest BCUT2D eigenvalue weighted by Gasteiger charge is -2.42. The third kappa shape index (κ3) is 3.94. The third-order valence-electron chi connectivity index (χ3n) is 5.99. The maximum atomic E-state index is 13.3. The van der Waals surface area contributed by atoms with E-state index in [0.717, 1.165) is 0 Å². The van der Waals surface area contributed by atoms with Gasteiger partial charge in [-0.1, -0.05) is 17.7 Å². The Morgan fingerprint density at radius 3 is 2.34 bits per heavy atom. The van der Waals surface area contributed by atoms with E-state index >= 15 is 0 Å². The molecule has 0 saturated carbocycles. The maximum absolute atomic E-state index is 13.3. The van der Waals surface area contributed by atoms with E-state index in [9.17, 15) is 13.2 Å². The number of ether oxygens (including phenoxy) is 3. The largest absolute Gasteiger partial charge is 0.493 e. The predicted molar refractivity (Wildman–Crippen MR) is 119 cm³/mol. The second-order valence-electron chi connectivity index (χ2n) is 7.66. The molecule has 4 rings (SSSR count). The number of para-hydroxylation sites is 1. The third-order valence-corrected chi connectivity index (χ3v) is 8.20. The number of rotatable bonds is 5. The van der Waals surface area contributed by atoms with Crippen LogP contribution in [-0.2, 0) is 14.8 Å². The average molecular weight is 481 g/mol. The molecule has 0 aliphatic carbocycles. The SMILES string of the molecule is COc1cccc(C(=O)N2CCC3(CC2)OCCN3S(=O)(=O)c2ccc(Cl)cc2)c1OC. The number of amides is 1. The van der Waals surface area contributed by atoms with E-state index in [4.69, 9.17) is 25.8 Å². The van der Waals surface area contributed by atoms with Crippen molar-refractivity contribution in [2.75, 3.05) is 40.5 Å². The van der Waals surface area contributed by atoms with Gasteiger partial charge in [-0.3, -0.25) is 4.79 Å². The van der Waals surface area contributed by atoms with E-state index in [0.29, 0.717) is 54.6 Å². The molecule has 10 heteroatoms. The molecule has 2 saturated heterocycles. The van der Waals surface area contributed by atoms with Crippen molar-refractivity contribution in [1.29, 1.82) is 0 Å². The molecule has 2 heterocycles. The van der Waals surface area contributed by atoms with Crippen LogP contribution in [-0.4, -0.2) is 69.7 Å². The summed E-state index contributed by atoms with van der Waals surface area (Å²) in [5.74, 6) is 0.663. The zero-order chi connectivity index (χ0) is 22.9. The number of carbonyl (C=O) groups excluding carboxylic acids is 1. The summed E-state index contributed by atoms with van der Waals surface area (Å²) in [5, 5.41) is 0.469. The lowest BCUT2D eigenvalue weighted by atomic mass is 9.99. The average Bonchev–Trinajstić information content (AvgIpc) is 3.22. The molecule has 32 heavy (non-hydrogen) atoms. The summed E-state index contributed by atoms with van der Waals surface area (Å²) in [4.78, 5) is 15.1. The number of sulfonamides is 1. The molecule has 0 atom stereocenters. The molecule has 0 aromatic heterocycles. The van der Waals surface area contributed by atoms with Crippen LogP contribution >= 0.6 is 11.6 Å². The fourth-order valence-corrected chi connectivity index (χ4v) is 6.19. The number of hydrogen-bond acceptors (Lipinski definition) is 6. The van der Waals surface area contributed by atoms with Crippen LogP contribution in [0.1, 0.15) is 23.2 Å². The van der Waals surface area contributed by atoms with Gasteiger partial charge in [0, 0.05) is 37.5 Å². The molecule has 2 fully saturated rings. The number of likely N-dealkylation sites (tertiary alicyclic amines) is 1. The highest BCUT2D eigenvalue weighted by atomic mass is 35.5. The van der Waals surface area contributed by atoms with Crippen molar-refractivity contribution in [2.24, 2.45) is 0 Å². The zero-order valence-electron chi connectivity index (χ0n) is 17.9. The van der Waals surface area contributed by atoms with Crippen LogP contribution in [0, 0.1) is 0 Å². The molecule has 2 aromatic rings. The van der Waals surface area contributed by atoms with Gasteiger partial charge in [0.15, 0.2) is 11.5 Å². The van der Waals surface area contributed by atoms with E-state index < -0.39 is 15.7 Å². The standard InChI is InChI=1S/C22H25ClN2O6S/c1-29-19-5-3-4-18(20(19)30-2)21(26)24-12-10-22(11-13-24)25(14-15-31-22)32(27,28)17-8-6-16(23)7-9-17/h3-9H,10-15H2,1-2H3. The molecule has 2 aromatic carbocycles. The smallest absolute Gasteiger partial charge is 0.257 e. The maximum Gasteiger partial charge on any atom is 0.257 e. The molecule has 8 nitrogen and oxygen atoms in total. The van der Waals surface area contributed by atoms with Gasteiger partial charge in [-0.25, -0.2) is 8.42 Å². The number of nitrogens with zero attached hydrogens (tertiary/aromatic N) is 2. The molecule has 2 aliphatic heterocycles. The van der Waals surface area contributed by atoms with E-state index in [1.54, 1.807) is 35.2 Å². The molecule has 1 amide bonds. The van der Waals surface area contributed by atoms with Crippen molar-refractivity contribution < 1.29 is 27.4 Å². The number of carbonyl (C=O) groups is 1. The van der Waals surface area contributed by atoms with E-state index in [2.05, 4.69) is 0 Å². The summed E-state index contributed by atoms with van der Waals surface area (Å²) < 4.78 is 44.7. The summed E-state index contributed by atoms with van der Waals surface area (Å²) in [6, 6.07) is 11.3. The predicted octanol–water partition coefficient (Wildman–Crippen LogP) is 3.01. The Kier molecular flexibility index (Phi) is 6.35. The molecular formula is C22H25ClN2O6S. The number of halogens is 1. The molecule has 0 bridgehead atoms. The summed E-state index contributed by atoms with van der Waals surface area (Å²) in [7, 11) is -0.754. The van der Waals surface area contributed by atoms with E-state index in [-0.39, 0.29) is 17.3 Å². The first-order valence-corrected chi connectivity index (χ1v) is 12.1. The summed E-state index contributed by atoms with van der Waals surface area (Å²) in [6.07, 6.45) is 0.746. The fourth-order valence-electron chi connectivity index (χ4n) is 4.35. The van der Waals surface area contributed by atoms with Gasteiger partial charge in [-0.05, 0) is 36.4 Å². The van der Waals surface area contributed by atoms with Gasteiger partial charge in [-0.15, -0.1) is 0 Å². The van der Waals surface area contributed by atoms with Crippen molar-refractivity contribution in [3.05, 3.63) is 53.1 Å². The lowest BCUT2D eigenvalue weighted by molar-refractivity contribution is -0.0857. The Morgan fingerprint density at radius 2 is 1.72 bits per heavy atom. The highest BCUT2D eigenvalue weighted by Crippen LogP contribution is 2.39. The molecular weight excluding hydrogens is 456 g/mol. The van der Waals surface area contributed by atoms with E-state index in [1.807, 2.05) is 0 Å². The van der Waals surface area contributed by atoms with Crippen LogP contribution in [0.5, 0.6) is 11.5 Å². The van der Waals surface area contributed by atoms with Crippen molar-refractivity contribution in [3.63, 3.8) is 0 Å². The van der Waals surface area contributed by atoms with Gasteiger partial charge in [0.2, 0.25) is 10.0 Å².